The van der Waals surface area contributed by atoms with Crippen LogP contribution in [0, 0.1) is 6.92 Å². The molecule has 0 saturated heterocycles. The van der Waals surface area contributed by atoms with Gasteiger partial charge in [0.25, 0.3) is 5.56 Å². The van der Waals surface area contributed by atoms with Crippen LogP contribution in [0.3, 0.4) is 0 Å². The molecule has 0 fully saturated rings. The van der Waals surface area contributed by atoms with Crippen LogP contribution in [0.4, 0.5) is 5.13 Å². The predicted molar refractivity (Wildman–Crippen MR) is 111 cm³/mol. The Morgan fingerprint density at radius 2 is 2.07 bits per heavy atom. The first-order valence-corrected chi connectivity index (χ1v) is 10.0. The molecule has 2 heterocycles. The third kappa shape index (κ3) is 3.64. The highest BCUT2D eigenvalue weighted by Gasteiger charge is 2.25. The second-order valence-electron chi connectivity index (χ2n) is 6.91. The van der Waals surface area contributed by atoms with Gasteiger partial charge in [0, 0.05) is 17.4 Å². The van der Waals surface area contributed by atoms with Crippen molar-refractivity contribution in [3.8, 4) is 5.75 Å². The van der Waals surface area contributed by atoms with Crippen LogP contribution < -0.4 is 15.6 Å². The number of carbonyl (C=O) groups is 1. The number of para-hydroxylation sites is 1. The van der Waals surface area contributed by atoms with Crippen LogP contribution >= 0.6 is 11.3 Å². The smallest absolute Gasteiger partial charge is 0.252 e. The van der Waals surface area contributed by atoms with Crippen molar-refractivity contribution in [1.82, 2.24) is 14.8 Å². The first-order valence-electron chi connectivity index (χ1n) is 9.20. The third-order valence-corrected chi connectivity index (χ3v) is 5.77. The van der Waals surface area contributed by atoms with E-state index in [2.05, 4.69) is 15.5 Å². The zero-order valence-corrected chi connectivity index (χ0v) is 17.5. The second kappa shape index (κ2) is 8.10. The van der Waals surface area contributed by atoms with Gasteiger partial charge in [0.1, 0.15) is 16.8 Å². The van der Waals surface area contributed by atoms with E-state index in [1.807, 2.05) is 39.8 Å². The Morgan fingerprint density at radius 1 is 1.32 bits per heavy atom. The van der Waals surface area contributed by atoms with Gasteiger partial charge in [-0.1, -0.05) is 44.2 Å². The van der Waals surface area contributed by atoms with Crippen molar-refractivity contribution in [2.24, 2.45) is 0 Å². The van der Waals surface area contributed by atoms with E-state index >= 15 is 0 Å². The lowest BCUT2D eigenvalue weighted by molar-refractivity contribution is -0.119. The number of ether oxygens (including phenoxy) is 1. The maximum absolute atomic E-state index is 13.0. The summed E-state index contributed by atoms with van der Waals surface area (Å²) in [4.78, 5) is 25.9. The first kappa shape index (κ1) is 20.0. The summed E-state index contributed by atoms with van der Waals surface area (Å²) in [6.45, 7) is 7.79. The third-order valence-electron chi connectivity index (χ3n) is 4.63. The molecule has 0 bridgehead atoms. The fourth-order valence-electron chi connectivity index (χ4n) is 3.20. The van der Waals surface area contributed by atoms with Gasteiger partial charge < -0.3 is 4.74 Å². The van der Waals surface area contributed by atoms with Gasteiger partial charge in [-0.25, -0.2) is 0 Å². The number of benzene rings is 1. The lowest BCUT2D eigenvalue weighted by Crippen LogP contribution is -2.33. The molecule has 1 aromatic carbocycles. The molecule has 1 N–H and O–H groups in total. The number of nitrogens with zero attached hydrogens (tertiary/aromatic N) is 3. The number of pyridine rings is 1. The van der Waals surface area contributed by atoms with Crippen molar-refractivity contribution < 1.29 is 9.53 Å². The number of hydrogen-bond donors (Lipinski definition) is 1. The Bertz CT molecular complexity index is 1070. The number of anilines is 1. The van der Waals surface area contributed by atoms with Crippen LogP contribution in [0.1, 0.15) is 49.7 Å². The molecule has 2 aromatic heterocycles. The molecule has 28 heavy (non-hydrogen) atoms. The Kier molecular flexibility index (Phi) is 5.79. The number of methoxy groups -OCH3 is 1. The lowest BCUT2D eigenvalue weighted by atomic mass is 10.1. The Hall–Kier alpha value is -2.74. The number of hydrogen-bond acceptors (Lipinski definition) is 6. The summed E-state index contributed by atoms with van der Waals surface area (Å²) in [5.41, 5.74) is 1.23. The monoisotopic (exact) mass is 400 g/mol. The summed E-state index contributed by atoms with van der Waals surface area (Å²) in [5, 5.41) is 13.1. The SMILES string of the molecule is CCC(C(=O)Nc1nnc(C(C)C)s1)n1c(=O)cc(C)c2cccc(OC)c21. The average Bonchev–Trinajstić information content (AvgIpc) is 3.13. The number of nitrogens with one attached hydrogen (secondary N) is 1. The standard InChI is InChI=1S/C20H24N4O3S/c1-6-14(18(26)21-20-23-22-19(28-20)11(2)3)24-16(25)10-12(4)13-8-7-9-15(27-5)17(13)24/h7-11,14H,6H2,1-5H3,(H,21,23,26). The van der Waals surface area contributed by atoms with E-state index in [4.69, 9.17) is 4.74 Å². The van der Waals surface area contributed by atoms with Crippen LogP contribution in [-0.4, -0.2) is 27.8 Å². The van der Waals surface area contributed by atoms with E-state index in [-0.39, 0.29) is 17.4 Å². The number of amides is 1. The van der Waals surface area contributed by atoms with Crippen LogP contribution in [0.5, 0.6) is 5.75 Å². The quantitative estimate of drug-likeness (QED) is 0.678. The van der Waals surface area contributed by atoms with Crippen molar-refractivity contribution >= 4 is 33.3 Å². The zero-order chi connectivity index (χ0) is 20.4. The highest BCUT2D eigenvalue weighted by atomic mass is 32.1. The van der Waals surface area contributed by atoms with Gasteiger partial charge in [0.15, 0.2) is 0 Å². The maximum Gasteiger partial charge on any atom is 0.252 e. The summed E-state index contributed by atoms with van der Waals surface area (Å²) >= 11 is 1.34. The molecule has 148 valence electrons. The average molecular weight is 401 g/mol. The molecular weight excluding hydrogens is 376 g/mol. The number of aryl methyl sites for hydroxylation is 1. The van der Waals surface area contributed by atoms with Crippen LogP contribution in [0.2, 0.25) is 0 Å². The van der Waals surface area contributed by atoms with E-state index in [0.717, 1.165) is 16.0 Å². The van der Waals surface area contributed by atoms with E-state index in [1.165, 1.54) is 15.9 Å². The van der Waals surface area contributed by atoms with E-state index in [0.29, 0.717) is 22.8 Å². The Morgan fingerprint density at radius 3 is 2.68 bits per heavy atom. The first-order chi connectivity index (χ1) is 13.4. The minimum atomic E-state index is -0.696. The number of aromatic nitrogens is 3. The summed E-state index contributed by atoms with van der Waals surface area (Å²) in [6.07, 6.45) is 0.442. The van der Waals surface area contributed by atoms with Crippen LogP contribution in [-0.2, 0) is 4.79 Å². The fourth-order valence-corrected chi connectivity index (χ4v) is 3.95. The van der Waals surface area contributed by atoms with E-state index in [1.54, 1.807) is 19.2 Å². The number of fused-ring (bicyclic) bond motifs is 1. The predicted octanol–water partition coefficient (Wildman–Crippen LogP) is 3.88. The van der Waals surface area contributed by atoms with Gasteiger partial charge in [0.05, 0.1) is 12.6 Å². The molecule has 0 radical (unpaired) electrons. The van der Waals surface area contributed by atoms with Gasteiger partial charge in [-0.2, -0.15) is 0 Å². The molecule has 0 aliphatic carbocycles. The Labute approximate surface area is 167 Å². The van der Waals surface area contributed by atoms with Crippen molar-refractivity contribution in [3.05, 3.63) is 45.2 Å². The molecule has 8 heteroatoms. The van der Waals surface area contributed by atoms with Gasteiger partial charge in [0.2, 0.25) is 11.0 Å². The lowest BCUT2D eigenvalue weighted by Gasteiger charge is -2.21. The molecule has 0 aliphatic heterocycles. The molecule has 1 amide bonds. The molecule has 1 atom stereocenters. The topological polar surface area (TPSA) is 86.1 Å². The normalized spacial score (nSPS) is 12.4. The van der Waals surface area contributed by atoms with E-state index in [9.17, 15) is 9.59 Å². The summed E-state index contributed by atoms with van der Waals surface area (Å²) in [7, 11) is 1.56. The number of rotatable bonds is 6. The highest BCUT2D eigenvalue weighted by molar-refractivity contribution is 7.15. The van der Waals surface area contributed by atoms with Crippen LogP contribution in [0.25, 0.3) is 10.9 Å². The fraction of sp³-hybridized carbons (Fsp3) is 0.400. The highest BCUT2D eigenvalue weighted by Crippen LogP contribution is 2.30. The number of carbonyl (C=O) groups excluding carboxylic acids is 1. The molecule has 0 aliphatic rings. The molecule has 0 spiro atoms. The van der Waals surface area contributed by atoms with Crippen molar-refractivity contribution in [2.45, 2.75) is 46.1 Å². The largest absolute Gasteiger partial charge is 0.495 e. The van der Waals surface area contributed by atoms with Gasteiger partial charge in [-0.3, -0.25) is 19.5 Å². The van der Waals surface area contributed by atoms with Gasteiger partial charge in [-0.05, 0) is 25.0 Å². The molecule has 0 saturated carbocycles. The Balaban J connectivity index is 2.07. The minimum absolute atomic E-state index is 0.234. The van der Waals surface area contributed by atoms with Crippen LogP contribution in [0.15, 0.2) is 29.1 Å². The molecule has 3 rings (SSSR count). The molecule has 7 nitrogen and oxygen atoms in total. The summed E-state index contributed by atoms with van der Waals surface area (Å²) in [5.74, 6) is 0.493. The van der Waals surface area contributed by atoms with Gasteiger partial charge in [-0.15, -0.1) is 10.2 Å². The summed E-state index contributed by atoms with van der Waals surface area (Å²) < 4.78 is 7.00. The maximum atomic E-state index is 13.0. The minimum Gasteiger partial charge on any atom is -0.495 e. The molecule has 3 aromatic rings. The zero-order valence-electron chi connectivity index (χ0n) is 16.6. The second-order valence-corrected chi connectivity index (χ2v) is 7.91. The van der Waals surface area contributed by atoms with Crippen molar-refractivity contribution in [2.75, 3.05) is 12.4 Å². The molecular formula is C20H24N4O3S. The molecule has 1 unspecified atom stereocenters. The van der Waals surface area contributed by atoms with Gasteiger partial charge >= 0.3 is 0 Å². The van der Waals surface area contributed by atoms with Crippen molar-refractivity contribution in [1.29, 1.82) is 0 Å². The van der Waals surface area contributed by atoms with E-state index < -0.39 is 6.04 Å². The summed E-state index contributed by atoms with van der Waals surface area (Å²) in [6, 6.07) is 6.45. The van der Waals surface area contributed by atoms with Crippen molar-refractivity contribution in [3.63, 3.8) is 0 Å².